The third-order valence-electron chi connectivity index (χ3n) is 2.47. The van der Waals surface area contributed by atoms with Crippen molar-refractivity contribution in [3.05, 3.63) is 11.8 Å². The lowest BCUT2D eigenvalue weighted by molar-refractivity contribution is 0.126. The molecular weight excluding hydrogens is 228 g/mol. The molecule has 1 aliphatic rings. The summed E-state index contributed by atoms with van der Waals surface area (Å²) >= 11 is 0. The van der Waals surface area contributed by atoms with E-state index in [4.69, 9.17) is 22.8 Å². The van der Waals surface area contributed by atoms with Gasteiger partial charge in [-0.3, -0.25) is 0 Å². The lowest BCUT2D eigenvalue weighted by Crippen LogP contribution is -2.42. The zero-order valence-corrected chi connectivity index (χ0v) is 11.3. The minimum absolute atomic E-state index is 0.276. The molecule has 1 saturated heterocycles. The van der Waals surface area contributed by atoms with Crippen LogP contribution in [0.15, 0.2) is 11.8 Å². The lowest BCUT2D eigenvalue weighted by atomic mass is 10.5. The zero-order chi connectivity index (χ0) is 12.0. The van der Waals surface area contributed by atoms with Gasteiger partial charge in [-0.1, -0.05) is 0 Å². The maximum atomic E-state index is 5.49. The maximum absolute atomic E-state index is 5.49. The number of hydrogen-bond donors (Lipinski definition) is 0. The van der Waals surface area contributed by atoms with Crippen LogP contribution < -0.4 is 0 Å². The number of epoxide rings is 1. The summed E-state index contributed by atoms with van der Waals surface area (Å²) in [5.74, 6) is 0.846. The fraction of sp³-hybridized carbons (Fsp3) is 0.800. The first-order chi connectivity index (χ1) is 7.65. The van der Waals surface area contributed by atoms with Crippen molar-refractivity contribution in [1.82, 2.24) is 0 Å². The number of ether oxygens (including phenoxy) is 2. The highest BCUT2D eigenvalue weighted by Gasteiger charge is 2.36. The molecule has 0 bridgehead atoms. The van der Waals surface area contributed by atoms with E-state index in [2.05, 4.69) is 0 Å². The molecule has 0 saturated carbocycles. The van der Waals surface area contributed by atoms with Gasteiger partial charge in [0.25, 0.3) is 0 Å². The van der Waals surface area contributed by atoms with Crippen LogP contribution in [-0.2, 0) is 22.8 Å². The first-order valence-electron chi connectivity index (χ1n) is 5.22. The molecule has 6 heteroatoms. The van der Waals surface area contributed by atoms with Crippen molar-refractivity contribution in [2.45, 2.75) is 19.1 Å². The molecule has 0 aliphatic carbocycles. The summed E-state index contributed by atoms with van der Waals surface area (Å²) in [5.41, 5.74) is 0. The molecule has 1 rings (SSSR count). The summed E-state index contributed by atoms with van der Waals surface area (Å²) in [6, 6.07) is 0.605. The van der Waals surface area contributed by atoms with Gasteiger partial charge in [0.15, 0.2) is 0 Å². The Hall–Kier alpha value is -0.403. The van der Waals surface area contributed by atoms with E-state index in [-0.39, 0.29) is 6.10 Å². The molecule has 5 nitrogen and oxygen atoms in total. The van der Waals surface area contributed by atoms with Gasteiger partial charge in [-0.15, -0.1) is 0 Å². The van der Waals surface area contributed by atoms with Gasteiger partial charge in [0, 0.05) is 27.4 Å². The normalized spacial score (nSPS) is 21.0. The van der Waals surface area contributed by atoms with E-state index in [1.54, 1.807) is 21.3 Å². The van der Waals surface area contributed by atoms with Crippen molar-refractivity contribution < 1.29 is 22.8 Å². The monoisotopic (exact) mass is 248 g/mol. The molecule has 0 amide bonds. The fourth-order valence-electron chi connectivity index (χ4n) is 1.22. The van der Waals surface area contributed by atoms with E-state index in [9.17, 15) is 0 Å². The molecule has 1 unspecified atom stereocenters. The molecule has 0 aromatic carbocycles. The van der Waals surface area contributed by atoms with Crippen LogP contribution in [0.2, 0.25) is 6.04 Å². The molecule has 16 heavy (non-hydrogen) atoms. The van der Waals surface area contributed by atoms with Crippen molar-refractivity contribution in [2.24, 2.45) is 0 Å². The van der Waals surface area contributed by atoms with Crippen LogP contribution in [-0.4, -0.2) is 49.5 Å². The minimum Gasteiger partial charge on any atom is -0.496 e. The van der Waals surface area contributed by atoms with Crippen molar-refractivity contribution in [3.8, 4) is 0 Å². The maximum Gasteiger partial charge on any atom is 0.504 e. The van der Waals surface area contributed by atoms with Gasteiger partial charge in [-0.05, 0) is 13.0 Å². The van der Waals surface area contributed by atoms with Crippen molar-refractivity contribution in [2.75, 3.05) is 34.5 Å². The van der Waals surface area contributed by atoms with Gasteiger partial charge < -0.3 is 22.8 Å². The van der Waals surface area contributed by atoms with Crippen molar-refractivity contribution in [1.29, 1.82) is 0 Å². The van der Waals surface area contributed by atoms with E-state index >= 15 is 0 Å². The highest BCUT2D eigenvalue weighted by atomic mass is 28.4. The predicted molar refractivity (Wildman–Crippen MR) is 61.0 cm³/mol. The Morgan fingerprint density at radius 1 is 1.31 bits per heavy atom. The second kappa shape index (κ2) is 6.36. The van der Waals surface area contributed by atoms with Crippen LogP contribution in [0.5, 0.6) is 0 Å². The van der Waals surface area contributed by atoms with Crippen LogP contribution in [0, 0.1) is 0 Å². The average Bonchev–Trinajstić information content (AvgIpc) is 3.13. The van der Waals surface area contributed by atoms with E-state index < -0.39 is 8.80 Å². The molecule has 1 aliphatic heterocycles. The Morgan fingerprint density at radius 2 is 1.88 bits per heavy atom. The molecule has 0 aromatic heterocycles. The van der Waals surface area contributed by atoms with Gasteiger partial charge in [0.2, 0.25) is 0 Å². The highest BCUT2D eigenvalue weighted by Crippen LogP contribution is 2.16. The molecular formula is C10H20O5Si. The van der Waals surface area contributed by atoms with Gasteiger partial charge in [-0.2, -0.15) is 0 Å². The van der Waals surface area contributed by atoms with E-state index in [1.165, 1.54) is 0 Å². The van der Waals surface area contributed by atoms with Crippen molar-refractivity contribution in [3.63, 3.8) is 0 Å². The number of allylic oxidation sites excluding steroid dienone is 2. The predicted octanol–water partition coefficient (Wildman–Crippen LogP) is 1.18. The largest absolute Gasteiger partial charge is 0.504 e. The van der Waals surface area contributed by atoms with Crippen LogP contribution in [0.25, 0.3) is 0 Å². The molecule has 1 fully saturated rings. The quantitative estimate of drug-likeness (QED) is 0.367. The third-order valence-corrected chi connectivity index (χ3v) is 5.04. The topological polar surface area (TPSA) is 49.5 Å². The van der Waals surface area contributed by atoms with Crippen LogP contribution >= 0.6 is 0 Å². The molecule has 0 spiro atoms. The average molecular weight is 248 g/mol. The highest BCUT2D eigenvalue weighted by molar-refractivity contribution is 6.61. The molecule has 0 radical (unpaired) electrons. The Kier molecular flexibility index (Phi) is 5.43. The summed E-state index contributed by atoms with van der Waals surface area (Å²) < 4.78 is 26.4. The van der Waals surface area contributed by atoms with Crippen LogP contribution in [0.1, 0.15) is 6.92 Å². The Balaban J connectivity index is 2.34. The summed E-state index contributed by atoms with van der Waals surface area (Å²) in [6.07, 6.45) is 2.21. The molecule has 0 aromatic rings. The van der Waals surface area contributed by atoms with E-state index in [0.29, 0.717) is 12.7 Å². The second-order valence-electron chi connectivity index (χ2n) is 3.58. The first kappa shape index (κ1) is 13.7. The summed E-state index contributed by atoms with van der Waals surface area (Å²) in [6.45, 7) is 3.33. The molecule has 0 N–H and O–H groups in total. The van der Waals surface area contributed by atoms with Gasteiger partial charge in [0.05, 0.1) is 12.4 Å². The second-order valence-corrected chi connectivity index (χ2v) is 6.58. The molecule has 94 valence electrons. The third kappa shape index (κ3) is 4.23. The van der Waals surface area contributed by atoms with Crippen LogP contribution in [0.4, 0.5) is 0 Å². The Bertz CT molecular complexity index is 227. The summed E-state index contributed by atoms with van der Waals surface area (Å²) in [7, 11) is 2.29. The van der Waals surface area contributed by atoms with Gasteiger partial charge in [0.1, 0.15) is 12.7 Å². The Labute approximate surface area is 97.6 Å². The molecule has 1 heterocycles. The number of hydrogen-bond acceptors (Lipinski definition) is 5. The standard InChI is InChI=1S/C10H20O5Si/c1-9(14-7-10-8-15-10)5-6-16(11-2,12-3)13-4/h5,10H,6-8H2,1-4H3/b9-5+. The fourth-order valence-corrected chi connectivity index (χ4v) is 2.75. The SMILES string of the molecule is CO[Si](C/C=C(\C)OCC1CO1)(OC)OC. The first-order valence-corrected chi connectivity index (χ1v) is 7.15. The van der Waals surface area contributed by atoms with Crippen LogP contribution in [0.3, 0.4) is 0 Å². The smallest absolute Gasteiger partial charge is 0.496 e. The summed E-state index contributed by atoms with van der Waals surface area (Å²) in [4.78, 5) is 0. The zero-order valence-electron chi connectivity index (χ0n) is 10.3. The molecule has 1 atom stereocenters. The summed E-state index contributed by atoms with van der Waals surface area (Å²) in [5, 5.41) is 0. The number of rotatable bonds is 8. The van der Waals surface area contributed by atoms with Crippen molar-refractivity contribution >= 4 is 8.80 Å². The minimum atomic E-state index is -2.51. The van der Waals surface area contributed by atoms with E-state index in [0.717, 1.165) is 12.4 Å². The van der Waals surface area contributed by atoms with Gasteiger partial charge in [-0.25, -0.2) is 0 Å². The Morgan fingerprint density at radius 3 is 2.31 bits per heavy atom. The van der Waals surface area contributed by atoms with E-state index in [1.807, 2.05) is 13.0 Å². The van der Waals surface area contributed by atoms with Gasteiger partial charge >= 0.3 is 8.80 Å². The lowest BCUT2D eigenvalue weighted by Gasteiger charge is -2.23.